The summed E-state index contributed by atoms with van der Waals surface area (Å²) in [5.74, 6) is -64.8. The predicted octanol–water partition coefficient (Wildman–Crippen LogP) is 3.15. The predicted molar refractivity (Wildman–Crippen MR) is 378 cm³/mol. The molecule has 0 spiro atoms. The Morgan fingerprint density at radius 1 is 0.276 bits per heavy atom. The average Bonchev–Trinajstić information content (AvgIpc) is 1.72. The molecule has 2 saturated heterocycles. The van der Waals surface area contributed by atoms with E-state index in [0.29, 0.717) is 36.4 Å². The Kier molecular flexibility index (Phi) is 20.3. The third-order valence-electron chi connectivity index (χ3n) is 19.2. The number of phenolic OH excluding ortho intramolecular Hbond substituents is 25. The van der Waals surface area contributed by atoms with Gasteiger partial charge in [-0.2, -0.15) is 0 Å². The molecule has 0 unspecified atom stereocenters. The van der Waals surface area contributed by atoms with E-state index in [1.165, 1.54) is 0 Å². The molecule has 0 radical (unpaired) electrons. The summed E-state index contributed by atoms with van der Waals surface area (Å²) in [6.07, 6.45) is -28.9. The summed E-state index contributed by atoms with van der Waals surface area (Å²) in [6, 6.07) is 3.25. The molecule has 9 aromatic carbocycles. The molecular weight excluding hydrogens is 1670 g/mol. The van der Waals surface area contributed by atoms with Crippen molar-refractivity contribution in [3.05, 3.63) is 123 Å². The first-order valence-corrected chi connectivity index (χ1v) is 34.2. The molecule has 15 rings (SSSR count). The number of aliphatic hydroxyl groups is 1. The molecule has 0 saturated carbocycles. The zero-order valence-electron chi connectivity index (χ0n) is 60.2. The zero-order valence-corrected chi connectivity index (χ0v) is 60.2. The fraction of sp³-hybridized carbons (Fsp3) is 0.160. The summed E-state index contributed by atoms with van der Waals surface area (Å²) < 4.78 is 74.4. The van der Waals surface area contributed by atoms with E-state index in [2.05, 4.69) is 0 Å². The van der Waals surface area contributed by atoms with Crippen molar-refractivity contribution >= 4 is 53.7 Å². The first-order chi connectivity index (χ1) is 58.0. The number of aromatic hydroxyl groups is 25. The first-order valence-electron chi connectivity index (χ1n) is 34.2. The molecule has 123 heavy (non-hydrogen) atoms. The van der Waals surface area contributed by atoms with Crippen LogP contribution in [0, 0.1) is 0 Å². The highest BCUT2D eigenvalue weighted by molar-refractivity contribution is 6.11. The summed E-state index contributed by atoms with van der Waals surface area (Å²) in [4.78, 5) is 136. The lowest BCUT2D eigenvalue weighted by Crippen LogP contribution is -2.63. The minimum Gasteiger partial charge on any atom is -0.504 e. The third-order valence-corrected chi connectivity index (χ3v) is 19.2. The van der Waals surface area contributed by atoms with E-state index in [0.717, 1.165) is 0 Å². The summed E-state index contributed by atoms with van der Waals surface area (Å²) in [5, 5.41) is 291. The highest BCUT2D eigenvalue weighted by Gasteiger charge is 2.58. The zero-order chi connectivity index (χ0) is 89.3. The van der Waals surface area contributed by atoms with Gasteiger partial charge in [-0.3, -0.25) is 0 Å². The van der Waals surface area contributed by atoms with E-state index in [-0.39, 0.29) is 36.4 Å². The van der Waals surface area contributed by atoms with Gasteiger partial charge in [0, 0.05) is 46.5 Å². The van der Waals surface area contributed by atoms with E-state index in [1.54, 1.807) is 0 Å². The Morgan fingerprint density at radius 2 is 0.545 bits per heavy atom. The monoisotopic (exact) mass is 1720 g/mol. The first kappa shape index (κ1) is 82.2. The molecule has 0 aliphatic carbocycles. The van der Waals surface area contributed by atoms with Crippen molar-refractivity contribution in [3.63, 3.8) is 0 Å². The van der Waals surface area contributed by atoms with Crippen molar-refractivity contribution in [2.75, 3.05) is 13.2 Å². The van der Waals surface area contributed by atoms with Gasteiger partial charge >= 0.3 is 53.7 Å². The Bertz CT molecular complexity index is 6070. The summed E-state index contributed by atoms with van der Waals surface area (Å²) in [6.45, 7) is -3.19. The van der Waals surface area contributed by atoms with Crippen molar-refractivity contribution in [2.24, 2.45) is 0 Å². The van der Waals surface area contributed by atoms with Gasteiger partial charge < -0.3 is 194 Å². The highest BCUT2D eigenvalue weighted by Crippen LogP contribution is 2.59. The second-order valence-corrected chi connectivity index (χ2v) is 26.7. The SMILES string of the molecule is O=C(O[C@H]1O[C@@H]2COC(=O)c3cc4c(O)c(O)c3-c3c(cc(O)c(O)c3O)C(=O)O[C@H]2[C@H](OC(=O)c2cc(O)c(O)c(O)c2)[C@H]1OC(=O)c1cc(O)c(O)c(O)c1Oc1cc2c(c(O)c1O)-c1c(cc(O)c(O)c1O)C(=O)OC[C@H]1O[C@@H](O)[C@H](OC(=O)c3cc(O)c(O)c(O)c3O4)[C@@H](OC(=O)c3cc(O)c(O)c(O)c3)[C@@H]1OC2=O)c1cc(O)c(O)c(O)c1. The fourth-order valence-corrected chi connectivity index (χ4v) is 13.2. The van der Waals surface area contributed by atoms with Crippen molar-refractivity contribution in [3.8, 4) is 189 Å². The van der Waals surface area contributed by atoms with Gasteiger partial charge in [0.05, 0.1) is 38.9 Å². The number of cyclic esters (lactones) is 1. The molecule has 640 valence electrons. The summed E-state index contributed by atoms with van der Waals surface area (Å²) >= 11 is 0. The maximum absolute atomic E-state index is 15.7. The molecule has 10 atom stereocenters. The topological polar surface area (TPSA) is 800 Å². The number of aliphatic hydroxyl groups excluding tert-OH is 1. The second kappa shape index (κ2) is 30.3. The minimum absolute atomic E-state index is 0.0750. The van der Waals surface area contributed by atoms with Crippen LogP contribution in [-0.2, 0) is 52.1 Å². The van der Waals surface area contributed by atoms with Gasteiger partial charge in [-0.05, 0) is 48.5 Å². The molecule has 26 N–H and O–H groups in total. The maximum atomic E-state index is 15.7. The van der Waals surface area contributed by atoms with E-state index in [9.17, 15) is 152 Å². The maximum Gasteiger partial charge on any atom is 0.342 e. The van der Waals surface area contributed by atoms with Gasteiger partial charge in [-0.1, -0.05) is 0 Å². The van der Waals surface area contributed by atoms with E-state index >= 15 is 24.0 Å². The van der Waals surface area contributed by atoms with Crippen LogP contribution in [0.2, 0.25) is 0 Å². The molecule has 9 bridgehead atoms. The molecule has 48 heteroatoms. The lowest BCUT2D eigenvalue weighted by atomic mass is 9.91. The van der Waals surface area contributed by atoms with E-state index in [4.69, 9.17) is 61.6 Å². The van der Waals surface area contributed by atoms with Crippen LogP contribution >= 0.6 is 0 Å². The van der Waals surface area contributed by atoms with Crippen molar-refractivity contribution in [1.82, 2.24) is 0 Å². The van der Waals surface area contributed by atoms with Crippen LogP contribution in [0.5, 0.6) is 167 Å². The van der Waals surface area contributed by atoms with Crippen LogP contribution in [0.4, 0.5) is 0 Å². The Balaban J connectivity index is 1.05. The number of esters is 9. The van der Waals surface area contributed by atoms with Crippen molar-refractivity contribution < 1.29 is 237 Å². The van der Waals surface area contributed by atoms with Crippen molar-refractivity contribution in [2.45, 2.75) is 61.4 Å². The van der Waals surface area contributed by atoms with Crippen LogP contribution in [0.3, 0.4) is 0 Å². The van der Waals surface area contributed by atoms with E-state index in [1.807, 2.05) is 0 Å². The minimum atomic E-state index is -3.14. The largest absolute Gasteiger partial charge is 0.504 e. The molecule has 6 aliphatic rings. The number of carbonyl (C=O) groups is 9. The number of rotatable bonds is 6. The number of hydrogen-bond acceptors (Lipinski definition) is 48. The van der Waals surface area contributed by atoms with Crippen LogP contribution in [0.25, 0.3) is 22.3 Å². The van der Waals surface area contributed by atoms with Gasteiger partial charge in [0.2, 0.25) is 58.4 Å². The molecule has 0 aromatic heterocycles. The second-order valence-electron chi connectivity index (χ2n) is 26.7. The summed E-state index contributed by atoms with van der Waals surface area (Å²) in [5.41, 5.74) is -17.9. The molecule has 48 nitrogen and oxygen atoms in total. The smallest absolute Gasteiger partial charge is 0.342 e. The molecular formula is C75H52O48. The van der Waals surface area contributed by atoms with Crippen molar-refractivity contribution in [1.29, 1.82) is 0 Å². The molecule has 6 aliphatic heterocycles. The number of hydrogen-bond donors (Lipinski definition) is 26. The number of phenols is 25. The number of carbonyl (C=O) groups excluding carboxylic acids is 9. The average molecular weight is 1720 g/mol. The molecule has 0 amide bonds. The number of benzene rings is 9. The Morgan fingerprint density at radius 3 is 0.919 bits per heavy atom. The molecule has 6 heterocycles. The third kappa shape index (κ3) is 14.0. The van der Waals surface area contributed by atoms with Gasteiger partial charge in [-0.25, -0.2) is 43.2 Å². The molecule has 2 fully saturated rings. The highest BCUT2D eigenvalue weighted by atomic mass is 16.8. The van der Waals surface area contributed by atoms with Gasteiger partial charge in [-0.15, -0.1) is 0 Å². The lowest BCUT2D eigenvalue weighted by molar-refractivity contribution is -0.284. The number of ether oxygens (including phenoxy) is 13. The fourth-order valence-electron chi connectivity index (χ4n) is 13.2. The van der Waals surface area contributed by atoms with Gasteiger partial charge in [0.25, 0.3) is 0 Å². The van der Waals surface area contributed by atoms with Crippen LogP contribution in [0.1, 0.15) is 93.2 Å². The van der Waals surface area contributed by atoms with Crippen LogP contribution in [-0.4, -0.2) is 261 Å². The van der Waals surface area contributed by atoms with Gasteiger partial charge in [0.1, 0.15) is 36.5 Å². The lowest BCUT2D eigenvalue weighted by Gasteiger charge is -2.43. The van der Waals surface area contributed by atoms with Gasteiger partial charge in [0.15, 0.2) is 158 Å². The Labute approximate surface area is 675 Å². The Hall–Kier alpha value is -17.3. The number of fused-ring (bicyclic) bond motifs is 7. The molecule has 9 aromatic rings. The van der Waals surface area contributed by atoms with Crippen LogP contribution in [0.15, 0.2) is 72.8 Å². The quantitative estimate of drug-likeness (QED) is 0.0646. The van der Waals surface area contributed by atoms with Crippen LogP contribution < -0.4 is 9.47 Å². The van der Waals surface area contributed by atoms with E-state index < -0.39 is 367 Å². The summed E-state index contributed by atoms with van der Waals surface area (Å²) in [7, 11) is 0. The normalized spacial score (nSPS) is 20.5. The standard InChI is InChI=1S/C75H52O48/c76-24-1-15(2-25(77)42(24)86)65(101)119-61-59-36-13-111-68(104)18-7-30(82)45(89)51(95)38(18)41-21(71(107)117-59)12-35(50(94)54(41)98)114-58-23(10-33(85)48(92)56(58)100)73(109)122-64-62(120-66(102)16-3-26(78)43(87)27(79)4-16)60-37(116-75(64)123-67(103)17-5-28(80)44(88)29(81)6-17)14-112-69(105)20-11-34(49(93)53(97)40(20)39-19(70(106)118-60)8-31(83)46(90)52(39)96)113-57-22(9-32(84)47(91)55(57)99)72(108)121-63(61)74(110)115-36/h1-12,36-37,59-64,74-100,110H,13-14H2/t36-,37-,59-,60-,61+,62+,63-,64-,74-,75-/m1/s1.